The van der Waals surface area contributed by atoms with Gasteiger partial charge in [-0.15, -0.1) is 6.20 Å². The van der Waals surface area contributed by atoms with E-state index in [1.165, 1.54) is 10.9 Å². The molecule has 3 heterocycles. The molecule has 0 fully saturated rings. The van der Waals surface area contributed by atoms with Crippen LogP contribution in [-0.2, 0) is 0 Å². The lowest BCUT2D eigenvalue weighted by molar-refractivity contribution is -0.738. The van der Waals surface area contributed by atoms with Gasteiger partial charge < -0.3 is 14.8 Å². The molecule has 2 aromatic heterocycles. The van der Waals surface area contributed by atoms with Crippen LogP contribution in [0, 0.1) is 0 Å². The average Bonchev–Trinajstić information content (AvgIpc) is 3.27. The molecule has 5 rings (SSSR count). The van der Waals surface area contributed by atoms with E-state index in [-0.39, 0.29) is 0 Å². The maximum atomic E-state index is 6.02. The van der Waals surface area contributed by atoms with Gasteiger partial charge in [-0.2, -0.15) is 0 Å². The highest BCUT2D eigenvalue weighted by atomic mass is 16.4. The van der Waals surface area contributed by atoms with Crippen molar-refractivity contribution in [3.8, 4) is 11.1 Å². The van der Waals surface area contributed by atoms with E-state index in [1.807, 2.05) is 30.6 Å². The van der Waals surface area contributed by atoms with Crippen LogP contribution in [0.1, 0.15) is 0 Å². The molecule has 0 bridgehead atoms. The molecule has 1 aliphatic heterocycles. The van der Waals surface area contributed by atoms with E-state index in [0.717, 1.165) is 32.9 Å². The van der Waals surface area contributed by atoms with Gasteiger partial charge in [0.1, 0.15) is 5.58 Å². The summed E-state index contributed by atoms with van der Waals surface area (Å²) in [7, 11) is 0. The lowest BCUT2D eigenvalue weighted by Crippen LogP contribution is -2.97. The lowest BCUT2D eigenvalue weighted by atomic mass is 10.0. The Morgan fingerprint density at radius 2 is 1.75 bits per heavy atom. The van der Waals surface area contributed by atoms with Crippen LogP contribution in [0.15, 0.2) is 83.7 Å². The molecular weight excluding hydrogens is 298 g/mol. The molecule has 4 heteroatoms. The zero-order valence-electron chi connectivity index (χ0n) is 12.9. The first-order valence-corrected chi connectivity index (χ1v) is 7.89. The maximum Gasteiger partial charge on any atom is 0.295 e. The van der Waals surface area contributed by atoms with E-state index in [4.69, 9.17) is 4.42 Å². The SMILES string of the molecule is C1=C[N-][NH+](c2cc3ccc(-c4ccc5cc[nH]c5c4)cc3o2)C=C1. The molecule has 0 saturated carbocycles. The minimum Gasteiger partial charge on any atom is -0.483 e. The molecule has 24 heavy (non-hydrogen) atoms. The molecule has 1 aliphatic rings. The van der Waals surface area contributed by atoms with Crippen molar-refractivity contribution in [1.29, 1.82) is 0 Å². The largest absolute Gasteiger partial charge is 0.483 e. The van der Waals surface area contributed by atoms with Crippen LogP contribution >= 0.6 is 0 Å². The van der Waals surface area contributed by atoms with Crippen LogP contribution in [0.4, 0.5) is 5.88 Å². The number of benzene rings is 2. The molecule has 116 valence electrons. The summed E-state index contributed by atoms with van der Waals surface area (Å²) in [6.07, 6.45) is 9.56. The van der Waals surface area contributed by atoms with Crippen molar-refractivity contribution >= 4 is 27.8 Å². The third kappa shape index (κ3) is 2.13. The summed E-state index contributed by atoms with van der Waals surface area (Å²) < 4.78 is 6.02. The van der Waals surface area contributed by atoms with Crippen LogP contribution in [0.25, 0.3) is 38.4 Å². The second kappa shape index (κ2) is 5.15. The highest BCUT2D eigenvalue weighted by Crippen LogP contribution is 2.29. The quantitative estimate of drug-likeness (QED) is 0.565. The molecule has 0 spiro atoms. The molecule has 4 nitrogen and oxygen atoms in total. The number of nitrogens with zero attached hydrogens (tertiary/aromatic N) is 1. The van der Waals surface area contributed by atoms with Gasteiger partial charge in [0.05, 0.1) is 12.3 Å². The second-order valence-electron chi connectivity index (χ2n) is 5.86. The highest BCUT2D eigenvalue weighted by molar-refractivity contribution is 5.88. The molecule has 1 unspecified atom stereocenters. The van der Waals surface area contributed by atoms with E-state index in [2.05, 4.69) is 52.9 Å². The van der Waals surface area contributed by atoms with E-state index >= 15 is 0 Å². The van der Waals surface area contributed by atoms with Gasteiger partial charge in [0.15, 0.2) is 0 Å². The van der Waals surface area contributed by atoms with E-state index in [0.29, 0.717) is 0 Å². The van der Waals surface area contributed by atoms with Crippen molar-refractivity contribution in [3.63, 3.8) is 0 Å². The van der Waals surface area contributed by atoms with Gasteiger partial charge in [-0.05, 0) is 40.8 Å². The standard InChI is InChI=1S/C20H15N3O/c1-2-10-23(22-8-1)20-13-17-6-5-16(12-19(17)24-20)15-4-3-14-7-9-21-18(14)11-15/h1-13,21,23H. The molecule has 0 aliphatic carbocycles. The average molecular weight is 313 g/mol. The van der Waals surface area contributed by atoms with Gasteiger partial charge in [0.2, 0.25) is 0 Å². The fraction of sp³-hybridized carbons (Fsp3) is 0. The fourth-order valence-electron chi connectivity index (χ4n) is 3.07. The third-order valence-electron chi connectivity index (χ3n) is 4.33. The van der Waals surface area contributed by atoms with Crippen molar-refractivity contribution < 1.29 is 9.43 Å². The number of hydrogen-bond donors (Lipinski definition) is 2. The summed E-state index contributed by atoms with van der Waals surface area (Å²) in [4.78, 5) is 3.26. The van der Waals surface area contributed by atoms with Crippen LogP contribution in [0.2, 0.25) is 0 Å². The van der Waals surface area contributed by atoms with Crippen LogP contribution < -0.4 is 5.01 Å². The maximum absolute atomic E-state index is 6.02. The van der Waals surface area contributed by atoms with E-state index < -0.39 is 0 Å². The highest BCUT2D eigenvalue weighted by Gasteiger charge is 2.12. The first kappa shape index (κ1) is 13.2. The van der Waals surface area contributed by atoms with Gasteiger partial charge in [0, 0.05) is 17.1 Å². The Kier molecular flexibility index (Phi) is 2.84. The molecule has 2 N–H and O–H groups in total. The molecule has 1 atom stereocenters. The number of aromatic amines is 1. The fourth-order valence-corrected chi connectivity index (χ4v) is 3.07. The second-order valence-corrected chi connectivity index (χ2v) is 5.86. The van der Waals surface area contributed by atoms with Crippen molar-refractivity contribution in [2.45, 2.75) is 0 Å². The van der Waals surface area contributed by atoms with Crippen LogP contribution in [-0.4, -0.2) is 4.98 Å². The van der Waals surface area contributed by atoms with Crippen molar-refractivity contribution in [3.05, 3.63) is 84.7 Å². The number of fused-ring (bicyclic) bond motifs is 2. The Hall–Kier alpha value is -3.24. The number of quaternary nitrogens is 1. The molecule has 4 aromatic rings. The topological polar surface area (TPSA) is 47.5 Å². The Bertz CT molecular complexity index is 1100. The van der Waals surface area contributed by atoms with Crippen LogP contribution in [0.3, 0.4) is 0 Å². The Morgan fingerprint density at radius 3 is 2.62 bits per heavy atom. The van der Waals surface area contributed by atoms with Gasteiger partial charge in [0.25, 0.3) is 5.88 Å². The minimum atomic E-state index is 0.794. The molecule has 2 aromatic carbocycles. The minimum absolute atomic E-state index is 0.794. The molecule has 0 saturated heterocycles. The van der Waals surface area contributed by atoms with Crippen LogP contribution in [0.5, 0.6) is 0 Å². The normalized spacial score (nSPS) is 16.8. The summed E-state index contributed by atoms with van der Waals surface area (Å²) in [5.74, 6) is 0.794. The predicted molar refractivity (Wildman–Crippen MR) is 95.8 cm³/mol. The van der Waals surface area contributed by atoms with Gasteiger partial charge in [-0.1, -0.05) is 30.3 Å². The Balaban J connectivity index is 1.57. The van der Waals surface area contributed by atoms with Crippen molar-refractivity contribution in [1.82, 2.24) is 4.98 Å². The summed E-state index contributed by atoms with van der Waals surface area (Å²) in [6, 6.07) is 16.9. The van der Waals surface area contributed by atoms with Crippen molar-refractivity contribution in [2.75, 3.05) is 0 Å². The first-order valence-electron chi connectivity index (χ1n) is 7.89. The molecular formula is C20H15N3O. The van der Waals surface area contributed by atoms with E-state index in [1.54, 1.807) is 6.20 Å². The summed E-state index contributed by atoms with van der Waals surface area (Å²) in [5.41, 5.74) is 8.68. The Morgan fingerprint density at radius 1 is 0.875 bits per heavy atom. The monoisotopic (exact) mass is 313 g/mol. The van der Waals surface area contributed by atoms with Gasteiger partial charge in [-0.25, -0.2) is 0 Å². The van der Waals surface area contributed by atoms with Gasteiger partial charge >= 0.3 is 0 Å². The number of allylic oxidation sites excluding steroid dienone is 2. The number of rotatable bonds is 2. The summed E-state index contributed by atoms with van der Waals surface area (Å²) in [5, 5.41) is 3.15. The first-order chi connectivity index (χ1) is 11.9. The molecule has 0 amide bonds. The van der Waals surface area contributed by atoms with E-state index in [9.17, 15) is 0 Å². The number of furan rings is 1. The number of hydrogen-bond acceptors (Lipinski definition) is 1. The summed E-state index contributed by atoms with van der Waals surface area (Å²) >= 11 is 0. The lowest BCUT2D eigenvalue weighted by Gasteiger charge is -2.23. The number of nitrogens with one attached hydrogen (secondary N) is 2. The zero-order valence-corrected chi connectivity index (χ0v) is 12.9. The number of aromatic nitrogens is 1. The smallest absolute Gasteiger partial charge is 0.295 e. The zero-order chi connectivity index (χ0) is 15.9. The predicted octanol–water partition coefficient (Wildman–Crippen LogP) is 4.43. The van der Waals surface area contributed by atoms with Gasteiger partial charge in [-0.3, -0.25) is 5.01 Å². The van der Waals surface area contributed by atoms with Crippen molar-refractivity contribution in [2.24, 2.45) is 0 Å². The summed E-state index contributed by atoms with van der Waals surface area (Å²) in [6.45, 7) is 0. The number of H-pyrrole nitrogens is 1. The third-order valence-corrected chi connectivity index (χ3v) is 4.33. The Labute approximate surface area is 138 Å². The molecule has 0 radical (unpaired) electrons.